The maximum Gasteiger partial charge on any atom is 0.215 e. The van der Waals surface area contributed by atoms with Crippen molar-refractivity contribution >= 4 is 10.0 Å². The molecule has 1 rings (SSSR count). The Balaban J connectivity index is 2.38. The molecule has 1 aliphatic rings. The lowest BCUT2D eigenvalue weighted by molar-refractivity contribution is 0.288. The third-order valence-electron chi connectivity index (χ3n) is 3.05. The third-order valence-corrected chi connectivity index (χ3v) is 4.92. The van der Waals surface area contributed by atoms with E-state index in [-0.39, 0.29) is 5.75 Å². The number of nitrogens with one attached hydrogen (secondary N) is 1. The molecule has 0 amide bonds. The van der Waals surface area contributed by atoms with Gasteiger partial charge in [-0.15, -0.1) is 0 Å². The molecule has 0 spiro atoms. The molecule has 16 heavy (non-hydrogen) atoms. The summed E-state index contributed by atoms with van der Waals surface area (Å²) in [6.07, 6.45) is 1.99. The highest BCUT2D eigenvalue weighted by molar-refractivity contribution is 7.89. The van der Waals surface area contributed by atoms with Gasteiger partial charge in [-0.2, -0.15) is 0 Å². The Morgan fingerprint density at radius 2 is 1.88 bits per heavy atom. The number of piperidine rings is 1. The molecule has 5 heteroatoms. The summed E-state index contributed by atoms with van der Waals surface area (Å²) in [6.45, 7) is 8.18. The quantitative estimate of drug-likeness (QED) is 0.791. The molecule has 0 aromatic heterocycles. The molecule has 0 atom stereocenters. The highest BCUT2D eigenvalue weighted by Gasteiger charge is 2.25. The molecular weight excluding hydrogens is 224 g/mol. The molecule has 0 radical (unpaired) electrons. The topological polar surface area (TPSA) is 49.4 Å². The Kier molecular flexibility index (Phi) is 5.21. The van der Waals surface area contributed by atoms with Crippen molar-refractivity contribution in [2.75, 3.05) is 25.4 Å². The maximum atomic E-state index is 12.0. The van der Waals surface area contributed by atoms with Crippen molar-refractivity contribution in [2.24, 2.45) is 5.92 Å². The first-order valence-electron chi connectivity index (χ1n) is 6.13. The van der Waals surface area contributed by atoms with Gasteiger partial charge >= 0.3 is 0 Å². The molecule has 1 aliphatic heterocycles. The fourth-order valence-corrected chi connectivity index (χ4v) is 3.27. The molecule has 1 fully saturated rings. The van der Waals surface area contributed by atoms with E-state index in [4.69, 9.17) is 0 Å². The second-order valence-corrected chi connectivity index (χ2v) is 7.09. The Hall–Kier alpha value is -0.130. The molecule has 0 saturated carbocycles. The van der Waals surface area contributed by atoms with Gasteiger partial charge in [0.25, 0.3) is 0 Å². The van der Waals surface area contributed by atoms with E-state index in [1.807, 2.05) is 13.8 Å². The number of hydrogen-bond acceptors (Lipinski definition) is 3. The molecule has 0 bridgehead atoms. The maximum absolute atomic E-state index is 12.0. The summed E-state index contributed by atoms with van der Waals surface area (Å²) in [4.78, 5) is 0. The molecule has 0 unspecified atom stereocenters. The van der Waals surface area contributed by atoms with Crippen LogP contribution in [0.15, 0.2) is 0 Å². The minimum absolute atomic E-state index is 0.222. The molecule has 1 heterocycles. The average Bonchev–Trinajstić information content (AvgIpc) is 2.17. The van der Waals surface area contributed by atoms with Crippen molar-refractivity contribution in [3.05, 3.63) is 0 Å². The molecule has 1 saturated heterocycles. The van der Waals surface area contributed by atoms with E-state index in [1.165, 1.54) is 0 Å². The van der Waals surface area contributed by atoms with Gasteiger partial charge < -0.3 is 5.32 Å². The van der Waals surface area contributed by atoms with Gasteiger partial charge in [-0.25, -0.2) is 12.7 Å². The van der Waals surface area contributed by atoms with Crippen LogP contribution in [0.3, 0.4) is 0 Å². The van der Waals surface area contributed by atoms with Crippen molar-refractivity contribution in [1.82, 2.24) is 9.62 Å². The zero-order valence-corrected chi connectivity index (χ0v) is 11.4. The van der Waals surface area contributed by atoms with Gasteiger partial charge in [0, 0.05) is 25.7 Å². The summed E-state index contributed by atoms with van der Waals surface area (Å²) < 4.78 is 25.6. The fraction of sp³-hybridized carbons (Fsp3) is 1.00. The van der Waals surface area contributed by atoms with E-state index in [0.29, 0.717) is 31.6 Å². The van der Waals surface area contributed by atoms with Crippen molar-refractivity contribution in [2.45, 2.75) is 39.7 Å². The summed E-state index contributed by atoms with van der Waals surface area (Å²) in [5.41, 5.74) is 0. The van der Waals surface area contributed by atoms with Crippen LogP contribution in [0.2, 0.25) is 0 Å². The van der Waals surface area contributed by atoms with Gasteiger partial charge in [-0.1, -0.05) is 20.8 Å². The van der Waals surface area contributed by atoms with E-state index in [0.717, 1.165) is 12.8 Å². The highest BCUT2D eigenvalue weighted by Crippen LogP contribution is 2.18. The summed E-state index contributed by atoms with van der Waals surface area (Å²) in [5.74, 6) is 0.889. The zero-order valence-electron chi connectivity index (χ0n) is 10.6. The predicted molar refractivity (Wildman–Crippen MR) is 66.9 cm³/mol. The van der Waals surface area contributed by atoms with Crippen LogP contribution in [0.1, 0.15) is 33.6 Å². The van der Waals surface area contributed by atoms with Gasteiger partial charge in [0.2, 0.25) is 10.0 Å². The smallest absolute Gasteiger partial charge is 0.215 e. The minimum Gasteiger partial charge on any atom is -0.313 e. The van der Waals surface area contributed by atoms with Gasteiger partial charge in [0.05, 0.1) is 5.75 Å². The van der Waals surface area contributed by atoms with Gasteiger partial charge in [-0.3, -0.25) is 0 Å². The van der Waals surface area contributed by atoms with E-state index in [2.05, 4.69) is 12.2 Å². The minimum atomic E-state index is -3.03. The third kappa shape index (κ3) is 4.39. The van der Waals surface area contributed by atoms with Crippen LogP contribution in [0.4, 0.5) is 0 Å². The zero-order chi connectivity index (χ0) is 12.2. The SMILES string of the molecule is CC1CCN(S(=O)(=O)CCNC(C)C)CC1. The number of hydrogen-bond donors (Lipinski definition) is 1. The Bertz CT molecular complexity index is 293. The molecular formula is C11H24N2O2S. The second-order valence-electron chi connectivity index (χ2n) is 5.01. The second kappa shape index (κ2) is 5.98. The monoisotopic (exact) mass is 248 g/mol. The first-order valence-corrected chi connectivity index (χ1v) is 7.74. The average molecular weight is 248 g/mol. The van der Waals surface area contributed by atoms with Gasteiger partial charge in [0.15, 0.2) is 0 Å². The van der Waals surface area contributed by atoms with E-state index in [9.17, 15) is 8.42 Å². The first-order chi connectivity index (χ1) is 7.42. The highest BCUT2D eigenvalue weighted by atomic mass is 32.2. The predicted octanol–water partition coefficient (Wildman–Crippen LogP) is 1.05. The number of nitrogens with zero attached hydrogens (tertiary/aromatic N) is 1. The normalized spacial score (nSPS) is 20.5. The summed E-state index contributed by atoms with van der Waals surface area (Å²) in [5, 5.41) is 3.14. The first kappa shape index (κ1) is 13.9. The lowest BCUT2D eigenvalue weighted by Gasteiger charge is -2.29. The lowest BCUT2D eigenvalue weighted by Crippen LogP contribution is -2.41. The van der Waals surface area contributed by atoms with E-state index < -0.39 is 10.0 Å². The molecule has 0 aromatic rings. The van der Waals surface area contributed by atoms with E-state index in [1.54, 1.807) is 4.31 Å². The molecule has 96 valence electrons. The largest absolute Gasteiger partial charge is 0.313 e. The van der Waals surface area contributed by atoms with Crippen molar-refractivity contribution < 1.29 is 8.42 Å². The lowest BCUT2D eigenvalue weighted by atomic mass is 10.0. The summed E-state index contributed by atoms with van der Waals surface area (Å²) in [6, 6.07) is 0.344. The summed E-state index contributed by atoms with van der Waals surface area (Å²) >= 11 is 0. The van der Waals surface area contributed by atoms with Crippen LogP contribution in [0, 0.1) is 5.92 Å². The number of sulfonamides is 1. The number of rotatable bonds is 5. The van der Waals surface area contributed by atoms with Crippen molar-refractivity contribution in [3.8, 4) is 0 Å². The van der Waals surface area contributed by atoms with Crippen LogP contribution in [-0.2, 0) is 10.0 Å². The van der Waals surface area contributed by atoms with Crippen LogP contribution >= 0.6 is 0 Å². The standard InChI is InChI=1S/C11H24N2O2S/c1-10(2)12-6-9-16(14,15)13-7-4-11(3)5-8-13/h10-12H,4-9H2,1-3H3. The van der Waals surface area contributed by atoms with Crippen LogP contribution in [0.5, 0.6) is 0 Å². The Labute approximate surface area is 99.5 Å². The molecule has 0 aromatic carbocycles. The molecule has 1 N–H and O–H groups in total. The van der Waals surface area contributed by atoms with Crippen LogP contribution < -0.4 is 5.32 Å². The van der Waals surface area contributed by atoms with E-state index >= 15 is 0 Å². The van der Waals surface area contributed by atoms with Crippen molar-refractivity contribution in [1.29, 1.82) is 0 Å². The Morgan fingerprint density at radius 3 is 2.38 bits per heavy atom. The molecule has 0 aliphatic carbocycles. The van der Waals surface area contributed by atoms with Crippen molar-refractivity contribution in [3.63, 3.8) is 0 Å². The molecule has 4 nitrogen and oxygen atoms in total. The fourth-order valence-electron chi connectivity index (χ4n) is 1.87. The summed E-state index contributed by atoms with van der Waals surface area (Å²) in [7, 11) is -3.03. The van der Waals surface area contributed by atoms with Gasteiger partial charge in [0.1, 0.15) is 0 Å². The van der Waals surface area contributed by atoms with Crippen LogP contribution in [-0.4, -0.2) is 44.2 Å². The van der Waals surface area contributed by atoms with Gasteiger partial charge in [-0.05, 0) is 18.8 Å². The van der Waals surface area contributed by atoms with Crippen LogP contribution in [0.25, 0.3) is 0 Å². The Morgan fingerprint density at radius 1 is 1.31 bits per heavy atom.